The van der Waals surface area contributed by atoms with Gasteiger partial charge in [0.1, 0.15) is 6.10 Å². The Morgan fingerprint density at radius 1 is 1.25 bits per heavy atom. The van der Waals surface area contributed by atoms with Crippen LogP contribution in [0.2, 0.25) is 0 Å². The van der Waals surface area contributed by atoms with E-state index in [2.05, 4.69) is 12.2 Å². The molecule has 0 saturated heterocycles. The highest BCUT2D eigenvalue weighted by Gasteiger charge is 2.36. The van der Waals surface area contributed by atoms with E-state index in [0.717, 1.165) is 32.1 Å². The minimum absolute atomic E-state index is 0.0313. The van der Waals surface area contributed by atoms with Crippen LogP contribution in [0, 0.1) is 5.41 Å². The first-order valence-corrected chi connectivity index (χ1v) is 6.57. The molecule has 16 heavy (non-hydrogen) atoms. The number of ether oxygens (including phenoxy) is 1. The minimum atomic E-state index is -0.258. The van der Waals surface area contributed by atoms with Crippen LogP contribution in [-0.2, 0) is 9.53 Å². The lowest BCUT2D eigenvalue weighted by atomic mass is 9.79. The Hall–Kier alpha value is -0.790. The van der Waals surface area contributed by atoms with Gasteiger partial charge in [-0.05, 0) is 51.9 Å². The fraction of sp³-hybridized carbons (Fsp3) is 0.786. The van der Waals surface area contributed by atoms with Crippen LogP contribution in [0.4, 0.5) is 0 Å². The van der Waals surface area contributed by atoms with Gasteiger partial charge in [0.15, 0.2) is 0 Å². The lowest BCUT2D eigenvalue weighted by molar-refractivity contribution is -0.162. The monoisotopic (exact) mass is 222 g/mol. The zero-order valence-corrected chi connectivity index (χ0v) is 10.2. The molecule has 2 nitrogen and oxygen atoms in total. The fourth-order valence-corrected chi connectivity index (χ4v) is 2.63. The first-order valence-electron chi connectivity index (χ1n) is 6.57. The SMILES string of the molecule is CC1(C(=O)OC2CCCCC2)CC=CCC1. The molecule has 0 N–H and O–H groups in total. The molecule has 0 aromatic carbocycles. The van der Waals surface area contributed by atoms with Crippen molar-refractivity contribution in [2.45, 2.75) is 64.4 Å². The summed E-state index contributed by atoms with van der Waals surface area (Å²) in [5, 5.41) is 0. The largest absolute Gasteiger partial charge is 0.462 e. The van der Waals surface area contributed by atoms with Gasteiger partial charge >= 0.3 is 5.97 Å². The lowest BCUT2D eigenvalue weighted by Gasteiger charge is -2.31. The van der Waals surface area contributed by atoms with E-state index < -0.39 is 0 Å². The Balaban J connectivity index is 1.88. The second-order valence-corrected chi connectivity index (χ2v) is 5.44. The van der Waals surface area contributed by atoms with Crippen molar-refractivity contribution < 1.29 is 9.53 Å². The van der Waals surface area contributed by atoms with Crippen molar-refractivity contribution in [1.29, 1.82) is 0 Å². The first-order chi connectivity index (χ1) is 7.71. The average Bonchev–Trinajstić information content (AvgIpc) is 2.31. The molecule has 1 saturated carbocycles. The van der Waals surface area contributed by atoms with Crippen LogP contribution in [0.15, 0.2) is 12.2 Å². The second-order valence-electron chi connectivity index (χ2n) is 5.44. The van der Waals surface area contributed by atoms with Crippen molar-refractivity contribution in [2.75, 3.05) is 0 Å². The average molecular weight is 222 g/mol. The number of hydrogen-bond donors (Lipinski definition) is 0. The van der Waals surface area contributed by atoms with Crippen LogP contribution in [0.25, 0.3) is 0 Å². The molecular formula is C14H22O2. The Kier molecular flexibility index (Phi) is 3.67. The molecule has 2 aliphatic rings. The van der Waals surface area contributed by atoms with Gasteiger partial charge in [-0.3, -0.25) is 4.79 Å². The summed E-state index contributed by atoms with van der Waals surface area (Å²) in [5.74, 6) is 0.0313. The van der Waals surface area contributed by atoms with E-state index in [-0.39, 0.29) is 17.5 Å². The third-order valence-electron chi connectivity index (χ3n) is 3.92. The topological polar surface area (TPSA) is 26.3 Å². The predicted molar refractivity (Wildman–Crippen MR) is 64.1 cm³/mol. The normalized spacial score (nSPS) is 31.3. The van der Waals surface area contributed by atoms with Gasteiger partial charge in [0, 0.05) is 0 Å². The maximum Gasteiger partial charge on any atom is 0.312 e. The molecule has 0 aromatic heterocycles. The highest BCUT2D eigenvalue weighted by atomic mass is 16.5. The molecule has 0 radical (unpaired) electrons. The van der Waals surface area contributed by atoms with Gasteiger partial charge in [-0.2, -0.15) is 0 Å². The molecule has 1 atom stereocenters. The summed E-state index contributed by atoms with van der Waals surface area (Å²) in [6.45, 7) is 2.04. The van der Waals surface area contributed by atoms with Crippen molar-refractivity contribution in [2.24, 2.45) is 5.41 Å². The van der Waals surface area contributed by atoms with Crippen LogP contribution in [0.3, 0.4) is 0 Å². The molecule has 2 heteroatoms. The summed E-state index contributed by atoms with van der Waals surface area (Å²) >= 11 is 0. The van der Waals surface area contributed by atoms with Crippen molar-refractivity contribution in [3.63, 3.8) is 0 Å². The Bertz CT molecular complexity index is 276. The molecule has 0 bridgehead atoms. The lowest BCUT2D eigenvalue weighted by Crippen LogP contribution is -2.34. The van der Waals surface area contributed by atoms with Gasteiger partial charge in [-0.15, -0.1) is 0 Å². The van der Waals surface area contributed by atoms with Crippen LogP contribution in [-0.4, -0.2) is 12.1 Å². The molecule has 2 rings (SSSR count). The van der Waals surface area contributed by atoms with Gasteiger partial charge < -0.3 is 4.74 Å². The van der Waals surface area contributed by atoms with Crippen molar-refractivity contribution in [1.82, 2.24) is 0 Å². The molecule has 0 amide bonds. The highest BCUT2D eigenvalue weighted by molar-refractivity contribution is 5.77. The molecule has 90 valence electrons. The molecule has 0 spiro atoms. The fourth-order valence-electron chi connectivity index (χ4n) is 2.63. The van der Waals surface area contributed by atoms with Crippen LogP contribution < -0.4 is 0 Å². The smallest absolute Gasteiger partial charge is 0.312 e. The zero-order valence-electron chi connectivity index (χ0n) is 10.2. The number of esters is 1. The van der Waals surface area contributed by atoms with Crippen molar-refractivity contribution >= 4 is 5.97 Å². The zero-order chi connectivity index (χ0) is 11.4. The van der Waals surface area contributed by atoms with Gasteiger partial charge in [0.05, 0.1) is 5.41 Å². The Morgan fingerprint density at radius 3 is 2.62 bits per heavy atom. The molecule has 2 aliphatic carbocycles. The molecule has 1 unspecified atom stereocenters. The Labute approximate surface area is 98.1 Å². The van der Waals surface area contributed by atoms with E-state index in [1.165, 1.54) is 19.3 Å². The summed E-state index contributed by atoms with van der Waals surface area (Å²) in [4.78, 5) is 12.1. The minimum Gasteiger partial charge on any atom is -0.462 e. The number of rotatable bonds is 2. The predicted octanol–water partition coefficient (Wildman–Crippen LogP) is 3.61. The maximum absolute atomic E-state index is 12.1. The number of carbonyl (C=O) groups excluding carboxylic acids is 1. The number of carbonyl (C=O) groups is 1. The summed E-state index contributed by atoms with van der Waals surface area (Å²) in [7, 11) is 0. The summed E-state index contributed by atoms with van der Waals surface area (Å²) in [6, 6.07) is 0. The van der Waals surface area contributed by atoms with Gasteiger partial charge in [0.2, 0.25) is 0 Å². The van der Waals surface area contributed by atoms with E-state index in [1.54, 1.807) is 0 Å². The molecule has 0 heterocycles. The van der Waals surface area contributed by atoms with Crippen molar-refractivity contribution in [3.8, 4) is 0 Å². The quantitative estimate of drug-likeness (QED) is 0.527. The van der Waals surface area contributed by atoms with Gasteiger partial charge in [0.25, 0.3) is 0 Å². The third kappa shape index (κ3) is 2.66. The molecule has 0 aliphatic heterocycles. The van der Waals surface area contributed by atoms with E-state index in [4.69, 9.17) is 4.74 Å². The van der Waals surface area contributed by atoms with Gasteiger partial charge in [-0.1, -0.05) is 18.6 Å². The van der Waals surface area contributed by atoms with Crippen LogP contribution >= 0.6 is 0 Å². The Morgan fingerprint density at radius 2 is 2.00 bits per heavy atom. The van der Waals surface area contributed by atoms with E-state index in [9.17, 15) is 4.79 Å². The van der Waals surface area contributed by atoms with Crippen molar-refractivity contribution in [3.05, 3.63) is 12.2 Å². The van der Waals surface area contributed by atoms with Gasteiger partial charge in [-0.25, -0.2) is 0 Å². The first kappa shape index (κ1) is 11.7. The number of allylic oxidation sites excluding steroid dienone is 2. The molecular weight excluding hydrogens is 200 g/mol. The highest BCUT2D eigenvalue weighted by Crippen LogP contribution is 2.34. The maximum atomic E-state index is 12.1. The van der Waals surface area contributed by atoms with E-state index >= 15 is 0 Å². The second kappa shape index (κ2) is 5.03. The summed E-state index contributed by atoms with van der Waals surface area (Å²) < 4.78 is 5.66. The van der Waals surface area contributed by atoms with E-state index in [0.29, 0.717) is 0 Å². The summed E-state index contributed by atoms with van der Waals surface area (Å²) in [5.41, 5.74) is -0.258. The summed E-state index contributed by atoms with van der Waals surface area (Å²) in [6.07, 6.45) is 13.1. The third-order valence-corrected chi connectivity index (χ3v) is 3.92. The number of hydrogen-bond acceptors (Lipinski definition) is 2. The molecule has 0 aromatic rings. The standard InChI is InChI=1S/C14H22O2/c1-14(10-6-3-7-11-14)13(15)16-12-8-4-2-5-9-12/h3,6,12H,2,4-5,7-11H2,1H3. The van der Waals surface area contributed by atoms with Crippen LogP contribution in [0.1, 0.15) is 58.3 Å². The molecule has 1 fully saturated rings. The van der Waals surface area contributed by atoms with E-state index in [1.807, 2.05) is 6.92 Å². The van der Waals surface area contributed by atoms with Crippen LogP contribution in [0.5, 0.6) is 0 Å².